The van der Waals surface area contributed by atoms with Crippen molar-refractivity contribution in [2.45, 2.75) is 5.92 Å². The van der Waals surface area contributed by atoms with Gasteiger partial charge in [-0.2, -0.15) is 0 Å². The van der Waals surface area contributed by atoms with Crippen LogP contribution in [0.3, 0.4) is 0 Å². The summed E-state index contributed by atoms with van der Waals surface area (Å²) in [5.74, 6) is -4.19. The molecule has 0 aromatic heterocycles. The van der Waals surface area contributed by atoms with E-state index >= 15 is 0 Å². The number of nitrogens with zero attached hydrogens (tertiary/aromatic N) is 1. The normalized spacial score (nSPS) is 11.4. The second-order valence-corrected chi connectivity index (χ2v) is 3.86. The third-order valence-electron chi connectivity index (χ3n) is 2.07. The van der Waals surface area contributed by atoms with Crippen molar-refractivity contribution in [2.75, 3.05) is 18.4 Å². The smallest absolute Gasteiger partial charge is 0.294 e. The van der Waals surface area contributed by atoms with Crippen LogP contribution in [0.1, 0.15) is 0 Å². The van der Waals surface area contributed by atoms with E-state index in [-0.39, 0.29) is 5.69 Å². The summed E-state index contributed by atoms with van der Waals surface area (Å²) in [6, 6.07) is 1.44. The Morgan fingerprint density at radius 2 is 2.11 bits per heavy atom. The van der Waals surface area contributed by atoms with E-state index in [0.29, 0.717) is 6.07 Å². The minimum atomic E-state index is -3.25. The minimum absolute atomic E-state index is 0.380. The Kier molecular flexibility index (Phi) is 4.36. The van der Waals surface area contributed by atoms with Crippen LogP contribution in [0.2, 0.25) is 5.02 Å². The van der Waals surface area contributed by atoms with E-state index in [4.69, 9.17) is 17.3 Å². The molecule has 0 fully saturated rings. The summed E-state index contributed by atoms with van der Waals surface area (Å²) < 4.78 is 38.9. The molecule has 0 saturated heterocycles. The first-order valence-electron chi connectivity index (χ1n) is 4.72. The number of nitrogens with two attached hydrogens (primary N) is 1. The van der Waals surface area contributed by atoms with Crippen LogP contribution in [-0.2, 0) is 0 Å². The zero-order valence-electron chi connectivity index (χ0n) is 8.92. The largest absolute Gasteiger partial charge is 0.373 e. The van der Waals surface area contributed by atoms with E-state index in [1.807, 2.05) is 0 Å². The number of rotatable bonds is 5. The number of nitro groups is 1. The number of nitrogens with one attached hydrogen (secondary N) is 1. The highest BCUT2D eigenvalue weighted by Gasteiger charge is 2.28. The van der Waals surface area contributed by atoms with E-state index in [1.165, 1.54) is 0 Å². The summed E-state index contributed by atoms with van der Waals surface area (Å²) in [4.78, 5) is 9.80. The highest BCUT2D eigenvalue weighted by atomic mass is 35.5. The summed E-state index contributed by atoms with van der Waals surface area (Å²) in [5.41, 5.74) is 3.83. The van der Waals surface area contributed by atoms with Gasteiger partial charge >= 0.3 is 0 Å². The molecule has 100 valence electrons. The van der Waals surface area contributed by atoms with Gasteiger partial charge in [0.2, 0.25) is 0 Å². The van der Waals surface area contributed by atoms with Crippen molar-refractivity contribution in [1.29, 1.82) is 0 Å². The van der Waals surface area contributed by atoms with E-state index in [1.54, 1.807) is 0 Å². The fourth-order valence-electron chi connectivity index (χ4n) is 1.13. The molecule has 0 aliphatic heterocycles. The van der Waals surface area contributed by atoms with Crippen molar-refractivity contribution in [1.82, 2.24) is 0 Å². The lowest BCUT2D eigenvalue weighted by Gasteiger charge is -2.15. The van der Waals surface area contributed by atoms with Gasteiger partial charge in [-0.1, -0.05) is 11.6 Å². The van der Waals surface area contributed by atoms with Crippen molar-refractivity contribution >= 4 is 23.0 Å². The van der Waals surface area contributed by atoms with Crippen LogP contribution in [-0.4, -0.2) is 23.9 Å². The Morgan fingerprint density at radius 1 is 1.50 bits per heavy atom. The van der Waals surface area contributed by atoms with E-state index in [0.717, 1.165) is 6.07 Å². The number of benzene rings is 1. The number of hydrogen-bond acceptors (Lipinski definition) is 4. The second kappa shape index (κ2) is 5.40. The number of alkyl halides is 2. The molecule has 0 amide bonds. The Bertz CT molecular complexity index is 471. The molecule has 0 unspecified atom stereocenters. The van der Waals surface area contributed by atoms with Crippen molar-refractivity contribution in [3.8, 4) is 0 Å². The summed E-state index contributed by atoms with van der Waals surface area (Å²) in [5, 5.41) is 12.3. The third-order valence-corrected chi connectivity index (χ3v) is 2.36. The molecule has 0 saturated carbocycles. The molecule has 0 atom stereocenters. The summed E-state index contributed by atoms with van der Waals surface area (Å²) >= 11 is 5.37. The second-order valence-electron chi connectivity index (χ2n) is 3.45. The molecule has 1 aromatic carbocycles. The molecular formula is C9H9ClF3N3O2. The molecule has 18 heavy (non-hydrogen) atoms. The average Bonchev–Trinajstić information content (AvgIpc) is 2.30. The van der Waals surface area contributed by atoms with Crippen LogP contribution in [0.25, 0.3) is 0 Å². The maximum atomic E-state index is 13.1. The predicted octanol–water partition coefficient (Wildman–Crippen LogP) is 2.39. The topological polar surface area (TPSA) is 81.2 Å². The van der Waals surface area contributed by atoms with Gasteiger partial charge in [0.15, 0.2) is 0 Å². The highest BCUT2D eigenvalue weighted by Crippen LogP contribution is 2.30. The first kappa shape index (κ1) is 14.5. The molecular weight excluding hydrogens is 275 g/mol. The third kappa shape index (κ3) is 3.47. The van der Waals surface area contributed by atoms with Gasteiger partial charge < -0.3 is 11.1 Å². The molecule has 3 N–H and O–H groups in total. The molecule has 0 radical (unpaired) electrons. The Balaban J connectivity index is 3.01. The monoisotopic (exact) mass is 283 g/mol. The van der Waals surface area contributed by atoms with Gasteiger partial charge in [-0.25, -0.2) is 13.2 Å². The molecule has 0 heterocycles. The first-order valence-corrected chi connectivity index (χ1v) is 5.10. The van der Waals surface area contributed by atoms with Crippen molar-refractivity contribution in [2.24, 2.45) is 5.73 Å². The predicted molar refractivity (Wildman–Crippen MR) is 60.6 cm³/mol. The number of hydrogen-bond donors (Lipinski definition) is 2. The van der Waals surface area contributed by atoms with Crippen molar-refractivity contribution in [3.05, 3.63) is 33.1 Å². The molecule has 0 spiro atoms. The zero-order valence-corrected chi connectivity index (χ0v) is 9.68. The van der Waals surface area contributed by atoms with E-state index in [9.17, 15) is 23.3 Å². The SMILES string of the molecule is NCC(F)(F)CNc1cc(F)c(Cl)cc1[N+](=O)[O-]. The molecule has 1 aromatic rings. The standard InChI is InChI=1S/C9H9ClF3N3O2/c10-5-1-8(16(17)18)7(2-6(5)11)15-4-9(12,13)3-14/h1-2,15H,3-4,14H2. The number of halogens is 4. The van der Waals surface area contributed by atoms with Crippen molar-refractivity contribution < 1.29 is 18.1 Å². The summed E-state index contributed by atoms with van der Waals surface area (Å²) in [6.07, 6.45) is 0. The summed E-state index contributed by atoms with van der Waals surface area (Å²) in [6.45, 7) is -1.87. The van der Waals surface area contributed by atoms with Gasteiger partial charge in [0.1, 0.15) is 11.5 Å². The van der Waals surface area contributed by atoms with Crippen LogP contribution in [0.5, 0.6) is 0 Å². The Morgan fingerprint density at radius 3 is 2.61 bits per heavy atom. The molecule has 0 aliphatic rings. The molecule has 1 rings (SSSR count). The van der Waals surface area contributed by atoms with Crippen LogP contribution in [0.15, 0.2) is 12.1 Å². The Labute approximate surface area is 105 Å². The average molecular weight is 284 g/mol. The van der Waals surface area contributed by atoms with Crippen LogP contribution in [0, 0.1) is 15.9 Å². The van der Waals surface area contributed by atoms with Gasteiger partial charge in [-0.05, 0) is 0 Å². The zero-order chi connectivity index (χ0) is 13.9. The van der Waals surface area contributed by atoms with Crippen molar-refractivity contribution in [3.63, 3.8) is 0 Å². The van der Waals surface area contributed by atoms with Crippen LogP contribution < -0.4 is 11.1 Å². The van der Waals surface area contributed by atoms with Gasteiger partial charge in [0.05, 0.1) is 23.0 Å². The summed E-state index contributed by atoms with van der Waals surface area (Å²) in [7, 11) is 0. The van der Waals surface area contributed by atoms with Gasteiger partial charge in [0, 0.05) is 12.1 Å². The fraction of sp³-hybridized carbons (Fsp3) is 0.333. The van der Waals surface area contributed by atoms with E-state index in [2.05, 4.69) is 5.32 Å². The lowest BCUT2D eigenvalue weighted by Crippen LogP contribution is -2.35. The highest BCUT2D eigenvalue weighted by molar-refractivity contribution is 6.31. The van der Waals surface area contributed by atoms with Gasteiger partial charge in [0.25, 0.3) is 11.6 Å². The first-order chi connectivity index (χ1) is 8.26. The quantitative estimate of drug-likeness (QED) is 0.642. The molecule has 5 nitrogen and oxygen atoms in total. The van der Waals surface area contributed by atoms with Gasteiger partial charge in [-0.3, -0.25) is 10.1 Å². The molecule has 0 bridgehead atoms. The van der Waals surface area contributed by atoms with E-state index < -0.39 is 40.5 Å². The van der Waals surface area contributed by atoms with Gasteiger partial charge in [-0.15, -0.1) is 0 Å². The maximum Gasteiger partial charge on any atom is 0.294 e. The maximum absolute atomic E-state index is 13.1. The fourth-order valence-corrected chi connectivity index (χ4v) is 1.28. The van der Waals surface area contributed by atoms with Crippen LogP contribution >= 0.6 is 11.6 Å². The number of nitro benzene ring substituents is 1. The lowest BCUT2D eigenvalue weighted by molar-refractivity contribution is -0.384. The van der Waals surface area contributed by atoms with Crippen LogP contribution in [0.4, 0.5) is 24.5 Å². The Hall–Kier alpha value is -1.54. The lowest BCUT2D eigenvalue weighted by atomic mass is 10.2. The number of anilines is 1. The minimum Gasteiger partial charge on any atom is -0.373 e. The molecule has 0 aliphatic carbocycles. The molecule has 9 heteroatoms.